The Balaban J connectivity index is 1.88. The van der Waals surface area contributed by atoms with Gasteiger partial charge in [0.25, 0.3) is 0 Å². The highest BCUT2D eigenvalue weighted by Crippen LogP contribution is 2.39. The van der Waals surface area contributed by atoms with E-state index in [9.17, 15) is 13.2 Å². The maximum atomic E-state index is 12.8. The fourth-order valence-electron chi connectivity index (χ4n) is 2.92. The van der Waals surface area contributed by atoms with Crippen LogP contribution in [0.3, 0.4) is 0 Å². The predicted molar refractivity (Wildman–Crippen MR) is 92.1 cm³/mol. The van der Waals surface area contributed by atoms with Crippen molar-refractivity contribution >= 4 is 10.8 Å². The van der Waals surface area contributed by atoms with Crippen molar-refractivity contribution in [2.24, 2.45) is 0 Å². The normalized spacial score (nSPS) is 11.8. The molecule has 0 unspecified atom stereocenters. The van der Waals surface area contributed by atoms with Gasteiger partial charge in [0.05, 0.1) is 5.56 Å². The Hall–Kier alpha value is -3.01. The molecule has 3 aromatic carbocycles. The Morgan fingerprint density at radius 1 is 0.560 bits per heavy atom. The van der Waals surface area contributed by atoms with E-state index in [4.69, 9.17) is 4.42 Å². The second kappa shape index (κ2) is 5.81. The number of halogens is 3. The van der Waals surface area contributed by atoms with Gasteiger partial charge in [-0.25, -0.2) is 0 Å². The zero-order chi connectivity index (χ0) is 17.4. The molecule has 0 aliphatic carbocycles. The molecule has 4 heteroatoms. The highest BCUT2D eigenvalue weighted by Gasteiger charge is 2.30. The molecule has 1 nitrogen and oxygen atoms in total. The van der Waals surface area contributed by atoms with Gasteiger partial charge in [0.15, 0.2) is 0 Å². The van der Waals surface area contributed by atoms with Gasteiger partial charge in [-0.2, -0.15) is 13.2 Å². The van der Waals surface area contributed by atoms with Crippen LogP contribution in [0, 0.1) is 0 Å². The van der Waals surface area contributed by atoms with E-state index in [0.29, 0.717) is 17.1 Å². The Morgan fingerprint density at radius 2 is 1.04 bits per heavy atom. The molecule has 1 heterocycles. The molecule has 0 N–H and O–H groups in total. The topological polar surface area (TPSA) is 13.1 Å². The van der Waals surface area contributed by atoms with Gasteiger partial charge in [-0.1, -0.05) is 66.7 Å². The van der Waals surface area contributed by atoms with E-state index in [0.717, 1.165) is 28.5 Å². The smallest absolute Gasteiger partial charge is 0.416 e. The average Bonchev–Trinajstić information content (AvgIpc) is 3.02. The minimum atomic E-state index is -4.35. The molecule has 0 aliphatic heterocycles. The highest BCUT2D eigenvalue weighted by atomic mass is 19.4. The lowest BCUT2D eigenvalue weighted by molar-refractivity contribution is -0.137. The standard InChI is InChI=1S/C21H13F3O/c22-21(23,24)16-12-10-15(11-13-16)20-18-9-5-4-8-17(18)19(25-20)14-6-2-1-3-7-14/h1-13H. The lowest BCUT2D eigenvalue weighted by atomic mass is 10.0. The zero-order valence-electron chi connectivity index (χ0n) is 13.0. The maximum Gasteiger partial charge on any atom is 0.416 e. The van der Waals surface area contributed by atoms with E-state index in [1.165, 1.54) is 12.1 Å². The Kier molecular flexibility index (Phi) is 3.61. The minimum absolute atomic E-state index is 0.572. The van der Waals surface area contributed by atoms with Crippen molar-refractivity contribution in [1.29, 1.82) is 0 Å². The first-order valence-electron chi connectivity index (χ1n) is 7.78. The molecule has 0 radical (unpaired) electrons. The monoisotopic (exact) mass is 338 g/mol. The summed E-state index contributed by atoms with van der Waals surface area (Å²) in [5, 5.41) is 1.81. The molecular weight excluding hydrogens is 325 g/mol. The second-order valence-corrected chi connectivity index (χ2v) is 5.75. The van der Waals surface area contributed by atoms with Gasteiger partial charge < -0.3 is 4.42 Å². The summed E-state index contributed by atoms with van der Waals surface area (Å²) in [7, 11) is 0. The molecule has 0 atom stereocenters. The number of fused-ring (bicyclic) bond motifs is 1. The Bertz CT molecular complexity index is 1010. The first kappa shape index (κ1) is 15.5. The fraction of sp³-hybridized carbons (Fsp3) is 0.0476. The number of rotatable bonds is 2. The van der Waals surface area contributed by atoms with E-state index in [1.807, 2.05) is 54.6 Å². The molecule has 0 spiro atoms. The molecule has 0 amide bonds. The molecule has 0 saturated carbocycles. The van der Waals surface area contributed by atoms with Gasteiger partial charge in [0, 0.05) is 21.9 Å². The van der Waals surface area contributed by atoms with Gasteiger partial charge in [-0.05, 0) is 12.1 Å². The largest absolute Gasteiger partial charge is 0.455 e. The molecule has 1 aromatic heterocycles. The number of hydrogen-bond acceptors (Lipinski definition) is 1. The summed E-state index contributed by atoms with van der Waals surface area (Å²) in [6.07, 6.45) is -4.35. The van der Waals surface area contributed by atoms with Crippen LogP contribution in [0.15, 0.2) is 83.3 Å². The van der Waals surface area contributed by atoms with Gasteiger partial charge in [0.2, 0.25) is 0 Å². The van der Waals surface area contributed by atoms with E-state index in [2.05, 4.69) is 0 Å². The van der Waals surface area contributed by atoms with Crippen molar-refractivity contribution in [3.8, 4) is 22.6 Å². The summed E-state index contributed by atoms with van der Waals surface area (Å²) in [6.45, 7) is 0. The number of alkyl halides is 3. The third-order valence-electron chi connectivity index (χ3n) is 4.13. The van der Waals surface area contributed by atoms with Gasteiger partial charge in [0.1, 0.15) is 11.5 Å². The summed E-state index contributed by atoms with van der Waals surface area (Å²) in [5.41, 5.74) is 0.874. The summed E-state index contributed by atoms with van der Waals surface area (Å²) in [6, 6.07) is 22.4. The van der Waals surface area contributed by atoms with Crippen molar-refractivity contribution < 1.29 is 17.6 Å². The highest BCUT2D eigenvalue weighted by molar-refractivity contribution is 6.02. The zero-order valence-corrected chi connectivity index (χ0v) is 13.0. The van der Waals surface area contributed by atoms with Crippen LogP contribution in [-0.2, 0) is 6.18 Å². The second-order valence-electron chi connectivity index (χ2n) is 5.75. The van der Waals surface area contributed by atoms with E-state index >= 15 is 0 Å². The van der Waals surface area contributed by atoms with Crippen LogP contribution in [0.1, 0.15) is 5.56 Å². The maximum absolute atomic E-state index is 12.8. The van der Waals surface area contributed by atoms with Crippen LogP contribution in [0.25, 0.3) is 33.4 Å². The molecular formula is C21H13F3O. The summed E-state index contributed by atoms with van der Waals surface area (Å²) >= 11 is 0. The molecule has 0 fully saturated rings. The van der Waals surface area contributed by atoms with Crippen molar-refractivity contribution in [2.75, 3.05) is 0 Å². The number of benzene rings is 3. The molecule has 0 bridgehead atoms. The van der Waals surface area contributed by atoms with Crippen LogP contribution >= 0.6 is 0 Å². The van der Waals surface area contributed by atoms with E-state index in [-0.39, 0.29) is 0 Å². The third kappa shape index (κ3) is 2.80. The SMILES string of the molecule is FC(F)(F)c1ccc(-c2oc(-c3ccccc3)c3ccccc23)cc1. The van der Waals surface area contributed by atoms with Gasteiger partial charge >= 0.3 is 6.18 Å². The van der Waals surface area contributed by atoms with Crippen molar-refractivity contribution in [3.63, 3.8) is 0 Å². The van der Waals surface area contributed by atoms with Gasteiger partial charge in [-0.3, -0.25) is 0 Å². The molecule has 124 valence electrons. The molecule has 4 rings (SSSR count). The molecule has 0 aliphatic rings. The third-order valence-corrected chi connectivity index (χ3v) is 4.13. The lowest BCUT2D eigenvalue weighted by Crippen LogP contribution is -2.03. The van der Waals surface area contributed by atoms with Gasteiger partial charge in [-0.15, -0.1) is 0 Å². The molecule has 25 heavy (non-hydrogen) atoms. The average molecular weight is 338 g/mol. The lowest BCUT2D eigenvalue weighted by Gasteiger charge is -2.06. The van der Waals surface area contributed by atoms with Crippen LogP contribution in [0.4, 0.5) is 13.2 Å². The Morgan fingerprint density at radius 3 is 1.56 bits per heavy atom. The number of furan rings is 1. The van der Waals surface area contributed by atoms with Crippen molar-refractivity contribution in [2.45, 2.75) is 6.18 Å². The summed E-state index contributed by atoms with van der Waals surface area (Å²) in [4.78, 5) is 0. The first-order chi connectivity index (χ1) is 12.0. The Labute approximate surface area is 142 Å². The van der Waals surface area contributed by atoms with Crippen LogP contribution in [-0.4, -0.2) is 0 Å². The first-order valence-corrected chi connectivity index (χ1v) is 7.78. The van der Waals surface area contributed by atoms with Crippen molar-refractivity contribution in [1.82, 2.24) is 0 Å². The molecule has 0 saturated heterocycles. The van der Waals surface area contributed by atoms with Crippen LogP contribution in [0.2, 0.25) is 0 Å². The quantitative estimate of drug-likeness (QED) is 0.392. The van der Waals surface area contributed by atoms with Crippen LogP contribution in [0.5, 0.6) is 0 Å². The molecule has 4 aromatic rings. The number of hydrogen-bond donors (Lipinski definition) is 0. The van der Waals surface area contributed by atoms with E-state index in [1.54, 1.807) is 0 Å². The summed E-state index contributed by atoms with van der Waals surface area (Å²) in [5.74, 6) is 1.29. The van der Waals surface area contributed by atoms with Crippen molar-refractivity contribution in [3.05, 3.63) is 84.4 Å². The van der Waals surface area contributed by atoms with Crippen LogP contribution < -0.4 is 0 Å². The van der Waals surface area contributed by atoms with E-state index < -0.39 is 11.7 Å². The fourth-order valence-corrected chi connectivity index (χ4v) is 2.92. The summed E-state index contributed by atoms with van der Waals surface area (Å²) < 4.78 is 44.4. The predicted octanol–water partition coefficient (Wildman–Crippen LogP) is 6.79. The minimum Gasteiger partial charge on any atom is -0.455 e.